The van der Waals surface area contributed by atoms with E-state index in [1.807, 2.05) is 6.92 Å². The second-order valence-electron chi connectivity index (χ2n) is 3.95. The minimum atomic E-state index is -0.669. The van der Waals surface area contributed by atoms with Gasteiger partial charge in [-0.3, -0.25) is 14.9 Å². The predicted molar refractivity (Wildman–Crippen MR) is 69.5 cm³/mol. The summed E-state index contributed by atoms with van der Waals surface area (Å²) < 4.78 is 12.9. The maximum absolute atomic E-state index is 12.9. The van der Waals surface area contributed by atoms with E-state index in [9.17, 15) is 19.3 Å². The summed E-state index contributed by atoms with van der Waals surface area (Å²) in [6.45, 7) is 2.80. The van der Waals surface area contributed by atoms with Crippen LogP contribution in [0.1, 0.15) is 19.8 Å². The predicted octanol–water partition coefficient (Wildman–Crippen LogP) is 2.06. The Labute approximate surface area is 110 Å². The highest BCUT2D eigenvalue weighted by atomic mass is 19.1. The van der Waals surface area contributed by atoms with Crippen molar-refractivity contribution in [2.24, 2.45) is 0 Å². The molecule has 2 N–H and O–H groups in total. The zero-order valence-electron chi connectivity index (χ0n) is 10.6. The van der Waals surface area contributed by atoms with Gasteiger partial charge in [-0.1, -0.05) is 6.92 Å². The molecule has 0 aliphatic rings. The molecule has 0 aliphatic carbocycles. The Kier molecular flexibility index (Phi) is 5.72. The van der Waals surface area contributed by atoms with Gasteiger partial charge in [0, 0.05) is 19.5 Å². The first kappa shape index (κ1) is 14.9. The number of carbonyl (C=O) groups is 1. The number of anilines is 1. The number of rotatable bonds is 7. The molecule has 0 aromatic heterocycles. The lowest BCUT2D eigenvalue weighted by Crippen LogP contribution is -2.25. The first-order chi connectivity index (χ1) is 9.04. The SMILES string of the molecule is CCCNC(=O)CCNc1ccc(F)cc1[N+](=O)[O-]. The molecule has 1 amide bonds. The first-order valence-corrected chi connectivity index (χ1v) is 5.99. The van der Waals surface area contributed by atoms with Gasteiger partial charge in [0.25, 0.3) is 5.69 Å². The number of halogens is 1. The Morgan fingerprint density at radius 2 is 2.16 bits per heavy atom. The van der Waals surface area contributed by atoms with Crippen LogP contribution in [0.5, 0.6) is 0 Å². The molecule has 0 aliphatic heterocycles. The Morgan fingerprint density at radius 3 is 2.79 bits per heavy atom. The van der Waals surface area contributed by atoms with Crippen molar-refractivity contribution in [3.8, 4) is 0 Å². The van der Waals surface area contributed by atoms with E-state index in [0.29, 0.717) is 6.54 Å². The fraction of sp³-hybridized carbons (Fsp3) is 0.417. The van der Waals surface area contributed by atoms with Gasteiger partial charge in [-0.2, -0.15) is 0 Å². The number of nitrogens with zero attached hydrogens (tertiary/aromatic N) is 1. The highest BCUT2D eigenvalue weighted by Crippen LogP contribution is 2.24. The van der Waals surface area contributed by atoms with Crippen molar-refractivity contribution in [1.29, 1.82) is 0 Å². The van der Waals surface area contributed by atoms with Gasteiger partial charge in [0.05, 0.1) is 11.0 Å². The van der Waals surface area contributed by atoms with Gasteiger partial charge >= 0.3 is 0 Å². The summed E-state index contributed by atoms with van der Waals surface area (Å²) in [5, 5.41) is 16.2. The number of hydrogen-bond acceptors (Lipinski definition) is 4. The quantitative estimate of drug-likeness (QED) is 0.586. The molecule has 0 unspecified atom stereocenters. The van der Waals surface area contributed by atoms with Crippen LogP contribution in [-0.4, -0.2) is 23.9 Å². The highest BCUT2D eigenvalue weighted by molar-refractivity contribution is 5.76. The lowest BCUT2D eigenvalue weighted by Gasteiger charge is -2.07. The Hall–Kier alpha value is -2.18. The molecule has 0 bridgehead atoms. The molecule has 1 aromatic rings. The summed E-state index contributed by atoms with van der Waals surface area (Å²) in [4.78, 5) is 21.4. The molecule has 104 valence electrons. The van der Waals surface area contributed by atoms with Crippen molar-refractivity contribution in [1.82, 2.24) is 5.32 Å². The molecule has 1 rings (SSSR count). The number of carbonyl (C=O) groups excluding carboxylic acids is 1. The van der Waals surface area contributed by atoms with Crippen LogP contribution in [0.3, 0.4) is 0 Å². The van der Waals surface area contributed by atoms with Crippen molar-refractivity contribution in [3.05, 3.63) is 34.1 Å². The zero-order chi connectivity index (χ0) is 14.3. The van der Waals surface area contributed by atoms with Crippen LogP contribution in [0.4, 0.5) is 15.8 Å². The third kappa shape index (κ3) is 4.90. The van der Waals surface area contributed by atoms with Gasteiger partial charge in [-0.25, -0.2) is 4.39 Å². The lowest BCUT2D eigenvalue weighted by atomic mass is 10.2. The number of nitro benzene ring substituents is 1. The van der Waals surface area contributed by atoms with Crippen molar-refractivity contribution < 1.29 is 14.1 Å². The fourth-order valence-corrected chi connectivity index (χ4v) is 1.47. The summed E-state index contributed by atoms with van der Waals surface area (Å²) >= 11 is 0. The maximum Gasteiger partial charge on any atom is 0.295 e. The largest absolute Gasteiger partial charge is 0.379 e. The van der Waals surface area contributed by atoms with Crippen molar-refractivity contribution in [2.45, 2.75) is 19.8 Å². The monoisotopic (exact) mass is 269 g/mol. The van der Waals surface area contributed by atoms with E-state index >= 15 is 0 Å². The minimum absolute atomic E-state index is 0.126. The Balaban J connectivity index is 2.53. The normalized spacial score (nSPS) is 10.0. The second kappa shape index (κ2) is 7.30. The number of nitro groups is 1. The van der Waals surface area contributed by atoms with E-state index in [1.54, 1.807) is 0 Å². The average molecular weight is 269 g/mol. The third-order valence-electron chi connectivity index (χ3n) is 2.40. The molecule has 7 heteroatoms. The molecule has 1 aromatic carbocycles. The van der Waals surface area contributed by atoms with Gasteiger partial charge in [0.15, 0.2) is 0 Å². The number of amides is 1. The molecular formula is C12H16FN3O3. The van der Waals surface area contributed by atoms with Crippen molar-refractivity contribution in [3.63, 3.8) is 0 Å². The summed E-state index contributed by atoms with van der Waals surface area (Å²) in [7, 11) is 0. The van der Waals surface area contributed by atoms with E-state index in [1.165, 1.54) is 6.07 Å². The molecule has 0 spiro atoms. The molecule has 19 heavy (non-hydrogen) atoms. The Morgan fingerprint density at radius 1 is 1.42 bits per heavy atom. The van der Waals surface area contributed by atoms with Gasteiger partial charge in [0.1, 0.15) is 11.5 Å². The summed E-state index contributed by atoms with van der Waals surface area (Å²) in [6.07, 6.45) is 1.05. The number of hydrogen-bond donors (Lipinski definition) is 2. The molecular weight excluding hydrogens is 253 g/mol. The van der Waals surface area contributed by atoms with Crippen LogP contribution in [0.25, 0.3) is 0 Å². The van der Waals surface area contributed by atoms with Crippen molar-refractivity contribution in [2.75, 3.05) is 18.4 Å². The number of benzene rings is 1. The molecule has 0 radical (unpaired) electrons. The smallest absolute Gasteiger partial charge is 0.295 e. The fourth-order valence-electron chi connectivity index (χ4n) is 1.47. The first-order valence-electron chi connectivity index (χ1n) is 5.99. The summed E-state index contributed by atoms with van der Waals surface area (Å²) in [6, 6.07) is 3.27. The van der Waals surface area contributed by atoms with Crippen LogP contribution in [0.2, 0.25) is 0 Å². The highest BCUT2D eigenvalue weighted by Gasteiger charge is 2.14. The third-order valence-corrected chi connectivity index (χ3v) is 2.40. The van der Waals surface area contributed by atoms with E-state index in [-0.39, 0.29) is 30.2 Å². The zero-order valence-corrected chi connectivity index (χ0v) is 10.6. The van der Waals surface area contributed by atoms with Crippen molar-refractivity contribution >= 4 is 17.3 Å². The molecule has 6 nitrogen and oxygen atoms in total. The van der Waals surface area contributed by atoms with E-state index in [2.05, 4.69) is 10.6 Å². The summed E-state index contributed by atoms with van der Waals surface area (Å²) in [5.74, 6) is -0.794. The van der Waals surface area contributed by atoms with Gasteiger partial charge in [0.2, 0.25) is 5.91 Å². The Bertz CT molecular complexity index is 466. The van der Waals surface area contributed by atoms with Gasteiger partial charge < -0.3 is 10.6 Å². The average Bonchev–Trinajstić information content (AvgIpc) is 2.37. The van der Waals surface area contributed by atoms with Crippen LogP contribution in [-0.2, 0) is 4.79 Å². The van der Waals surface area contributed by atoms with E-state index in [0.717, 1.165) is 18.6 Å². The lowest BCUT2D eigenvalue weighted by molar-refractivity contribution is -0.384. The maximum atomic E-state index is 12.9. The topological polar surface area (TPSA) is 84.3 Å². The van der Waals surface area contributed by atoms with Crippen LogP contribution < -0.4 is 10.6 Å². The molecule has 0 heterocycles. The van der Waals surface area contributed by atoms with Crippen LogP contribution in [0.15, 0.2) is 18.2 Å². The molecule has 0 saturated heterocycles. The molecule has 0 fully saturated rings. The van der Waals surface area contributed by atoms with Crippen LogP contribution >= 0.6 is 0 Å². The van der Waals surface area contributed by atoms with E-state index < -0.39 is 10.7 Å². The minimum Gasteiger partial charge on any atom is -0.379 e. The van der Waals surface area contributed by atoms with Gasteiger partial charge in [-0.15, -0.1) is 0 Å². The number of nitrogens with one attached hydrogen (secondary N) is 2. The van der Waals surface area contributed by atoms with Crippen LogP contribution in [0, 0.1) is 15.9 Å². The molecule has 0 atom stereocenters. The van der Waals surface area contributed by atoms with Gasteiger partial charge in [-0.05, 0) is 18.6 Å². The van der Waals surface area contributed by atoms with E-state index in [4.69, 9.17) is 0 Å². The summed E-state index contributed by atoms with van der Waals surface area (Å²) in [5.41, 5.74) is -0.136. The molecule has 0 saturated carbocycles. The second-order valence-corrected chi connectivity index (χ2v) is 3.95. The standard InChI is InChI=1S/C12H16FN3O3/c1-2-6-15-12(17)5-7-14-10-4-3-9(13)8-11(10)16(18)19/h3-4,8,14H,2,5-7H2,1H3,(H,15,17).